The van der Waals surface area contributed by atoms with Gasteiger partial charge in [-0.2, -0.15) is 0 Å². The quantitative estimate of drug-likeness (QED) is 0.452. The summed E-state index contributed by atoms with van der Waals surface area (Å²) >= 11 is 0. The van der Waals surface area contributed by atoms with Crippen molar-refractivity contribution in [2.45, 2.75) is 26.4 Å². The Morgan fingerprint density at radius 2 is 1.84 bits per heavy atom. The number of amides is 1. The Morgan fingerprint density at radius 3 is 2.65 bits per heavy atom. The fraction of sp³-hybridized carbons (Fsp3) is 0.345. The molecule has 2 aromatic carbocycles. The summed E-state index contributed by atoms with van der Waals surface area (Å²) in [7, 11) is 1.62. The fourth-order valence-corrected chi connectivity index (χ4v) is 5.57. The lowest BCUT2D eigenvalue weighted by molar-refractivity contribution is 0.0952. The predicted molar refractivity (Wildman–Crippen MR) is 145 cm³/mol. The molecule has 2 aliphatic rings. The summed E-state index contributed by atoms with van der Waals surface area (Å²) in [6.07, 6.45) is 2.37. The van der Waals surface area contributed by atoms with Gasteiger partial charge in [0.25, 0.3) is 5.91 Å². The Morgan fingerprint density at radius 1 is 1.05 bits per heavy atom. The zero-order chi connectivity index (χ0) is 25.5. The first-order chi connectivity index (χ1) is 18.0. The molecular formula is C29H32N6O2. The lowest BCUT2D eigenvalue weighted by Crippen LogP contribution is -2.47. The minimum atomic E-state index is -0.258. The normalized spacial score (nSPS) is 17.3. The number of hydrogen-bond acceptors (Lipinski definition) is 6. The number of imidazole rings is 1. The van der Waals surface area contributed by atoms with Gasteiger partial charge in [0, 0.05) is 56.5 Å². The number of ether oxygens (including phenoxy) is 1. The van der Waals surface area contributed by atoms with E-state index in [4.69, 9.17) is 9.72 Å². The van der Waals surface area contributed by atoms with Crippen molar-refractivity contribution in [2.24, 2.45) is 0 Å². The van der Waals surface area contributed by atoms with Crippen molar-refractivity contribution < 1.29 is 9.53 Å². The highest BCUT2D eigenvalue weighted by molar-refractivity contribution is 5.94. The van der Waals surface area contributed by atoms with Crippen molar-refractivity contribution in [2.75, 3.05) is 44.7 Å². The molecule has 0 aliphatic carbocycles. The van der Waals surface area contributed by atoms with Crippen LogP contribution in [0, 0.1) is 6.92 Å². The first-order valence-electron chi connectivity index (χ1n) is 13.0. The van der Waals surface area contributed by atoms with Crippen molar-refractivity contribution in [3.05, 3.63) is 77.5 Å². The van der Waals surface area contributed by atoms with Crippen LogP contribution in [-0.2, 0) is 6.42 Å². The predicted octanol–water partition coefficient (Wildman–Crippen LogP) is 3.91. The first kappa shape index (κ1) is 23.5. The number of hydrogen-bond donors (Lipinski definition) is 1. The van der Waals surface area contributed by atoms with E-state index in [0.717, 1.165) is 67.5 Å². The number of nitrogens with zero attached hydrogens (tertiary/aromatic N) is 5. The molecule has 1 fully saturated rings. The average Bonchev–Trinajstić information content (AvgIpc) is 3.38. The molecule has 0 saturated carbocycles. The maximum absolute atomic E-state index is 12.3. The summed E-state index contributed by atoms with van der Waals surface area (Å²) in [6, 6.07) is 16.9. The van der Waals surface area contributed by atoms with Gasteiger partial charge in [0.2, 0.25) is 0 Å². The van der Waals surface area contributed by atoms with Crippen molar-refractivity contribution in [3.8, 4) is 11.4 Å². The Labute approximate surface area is 216 Å². The SMILES string of the molecule is CNC(=O)c1ncn2c1C(C)Oc1c(CCN3CCN(c4cccc5nc(C)ccc45)CC3)cccc1-2. The fourth-order valence-electron chi connectivity index (χ4n) is 5.57. The summed E-state index contributed by atoms with van der Waals surface area (Å²) in [6.45, 7) is 9.01. The van der Waals surface area contributed by atoms with E-state index in [2.05, 4.69) is 62.6 Å². The molecule has 1 N–H and O–H groups in total. The van der Waals surface area contributed by atoms with Gasteiger partial charge in [-0.25, -0.2) is 4.98 Å². The minimum absolute atomic E-state index is 0.196. The summed E-state index contributed by atoms with van der Waals surface area (Å²) in [5, 5.41) is 3.90. The number of piperazine rings is 1. The van der Waals surface area contributed by atoms with E-state index in [1.807, 2.05) is 24.5 Å². The molecule has 0 spiro atoms. The summed E-state index contributed by atoms with van der Waals surface area (Å²) < 4.78 is 8.37. The first-order valence-corrected chi connectivity index (χ1v) is 13.0. The lowest BCUT2D eigenvalue weighted by atomic mass is 10.1. The van der Waals surface area contributed by atoms with Crippen LogP contribution < -0.4 is 15.0 Å². The lowest BCUT2D eigenvalue weighted by Gasteiger charge is -2.37. The molecular weight excluding hydrogens is 464 g/mol. The number of fused-ring (bicyclic) bond motifs is 4. The Hall–Kier alpha value is -3.91. The molecule has 2 aromatic heterocycles. The summed E-state index contributed by atoms with van der Waals surface area (Å²) in [5.41, 5.74) is 6.72. The standard InChI is InChI=1S/C29H32N6O2/c1-19-10-11-22-23(32-19)7-5-8-24(22)34-16-14-33(15-17-34)13-12-21-6-4-9-25-28(21)37-20(2)27-26(29(36)30-3)31-18-35(25)27/h4-11,18,20H,12-17H2,1-3H3,(H,30,36). The van der Waals surface area contributed by atoms with E-state index >= 15 is 0 Å². The molecule has 6 rings (SSSR count). The number of rotatable bonds is 5. The van der Waals surface area contributed by atoms with Crippen molar-refractivity contribution in [1.82, 2.24) is 24.8 Å². The summed E-state index contributed by atoms with van der Waals surface area (Å²) in [4.78, 5) is 26.4. The molecule has 2 aliphatic heterocycles. The van der Waals surface area contributed by atoms with Crippen molar-refractivity contribution in [1.29, 1.82) is 0 Å². The molecule has 37 heavy (non-hydrogen) atoms. The van der Waals surface area contributed by atoms with Gasteiger partial charge in [-0.15, -0.1) is 0 Å². The second-order valence-electron chi connectivity index (χ2n) is 9.83. The van der Waals surface area contributed by atoms with Crippen LogP contribution in [-0.4, -0.2) is 65.1 Å². The number of anilines is 1. The van der Waals surface area contributed by atoms with Gasteiger partial charge >= 0.3 is 0 Å². The molecule has 1 saturated heterocycles. The maximum Gasteiger partial charge on any atom is 0.271 e. The van der Waals surface area contributed by atoms with Gasteiger partial charge in [0.15, 0.2) is 5.69 Å². The van der Waals surface area contributed by atoms with E-state index in [1.165, 1.54) is 16.6 Å². The van der Waals surface area contributed by atoms with Crippen LogP contribution in [0.1, 0.15) is 40.5 Å². The Balaban J connectivity index is 1.15. The topological polar surface area (TPSA) is 75.5 Å². The number of carbonyl (C=O) groups is 1. The molecule has 1 unspecified atom stereocenters. The van der Waals surface area contributed by atoms with Gasteiger partial charge in [0.05, 0.1) is 16.9 Å². The van der Waals surface area contributed by atoms with E-state index < -0.39 is 0 Å². The number of benzene rings is 2. The largest absolute Gasteiger partial charge is 0.482 e. The molecule has 190 valence electrons. The summed E-state index contributed by atoms with van der Waals surface area (Å²) in [5.74, 6) is 0.693. The van der Waals surface area contributed by atoms with E-state index in [1.54, 1.807) is 13.4 Å². The zero-order valence-corrected chi connectivity index (χ0v) is 21.6. The third-order valence-electron chi connectivity index (χ3n) is 7.52. The number of carbonyl (C=O) groups excluding carboxylic acids is 1. The molecule has 8 heteroatoms. The van der Waals surface area contributed by atoms with Gasteiger partial charge in [0.1, 0.15) is 18.2 Å². The number of aromatic nitrogens is 3. The molecule has 4 heterocycles. The highest BCUT2D eigenvalue weighted by Crippen LogP contribution is 2.39. The van der Waals surface area contributed by atoms with Gasteiger partial charge in [-0.05, 0) is 56.2 Å². The molecule has 0 bridgehead atoms. The third kappa shape index (κ3) is 4.21. The van der Waals surface area contributed by atoms with Crippen LogP contribution >= 0.6 is 0 Å². The Bertz CT molecular complexity index is 1470. The van der Waals surface area contributed by atoms with Gasteiger partial charge in [-0.1, -0.05) is 18.2 Å². The second-order valence-corrected chi connectivity index (χ2v) is 9.83. The van der Waals surface area contributed by atoms with E-state index in [9.17, 15) is 4.79 Å². The average molecular weight is 497 g/mol. The van der Waals surface area contributed by atoms with Crippen LogP contribution in [0.2, 0.25) is 0 Å². The maximum atomic E-state index is 12.3. The van der Waals surface area contributed by atoms with Gasteiger partial charge < -0.3 is 15.0 Å². The number of pyridine rings is 1. The van der Waals surface area contributed by atoms with Crippen molar-refractivity contribution in [3.63, 3.8) is 0 Å². The molecule has 4 aromatic rings. The van der Waals surface area contributed by atoms with Gasteiger partial charge in [-0.3, -0.25) is 19.2 Å². The third-order valence-corrected chi connectivity index (χ3v) is 7.52. The smallest absolute Gasteiger partial charge is 0.271 e. The van der Waals surface area contributed by atoms with Crippen LogP contribution in [0.4, 0.5) is 5.69 Å². The van der Waals surface area contributed by atoms with E-state index in [-0.39, 0.29) is 12.0 Å². The minimum Gasteiger partial charge on any atom is -0.482 e. The van der Waals surface area contributed by atoms with Crippen LogP contribution in [0.3, 0.4) is 0 Å². The number of para-hydroxylation sites is 1. The van der Waals surface area contributed by atoms with Crippen LogP contribution in [0.25, 0.3) is 16.6 Å². The van der Waals surface area contributed by atoms with Crippen LogP contribution in [0.5, 0.6) is 5.75 Å². The number of aryl methyl sites for hydroxylation is 1. The van der Waals surface area contributed by atoms with Crippen molar-refractivity contribution >= 4 is 22.5 Å². The van der Waals surface area contributed by atoms with E-state index in [0.29, 0.717) is 5.69 Å². The second kappa shape index (κ2) is 9.52. The molecule has 1 atom stereocenters. The monoisotopic (exact) mass is 496 g/mol. The zero-order valence-electron chi connectivity index (χ0n) is 21.6. The van der Waals surface area contributed by atoms with Crippen LogP contribution in [0.15, 0.2) is 54.9 Å². The molecule has 0 radical (unpaired) electrons. The Kier molecular flexibility index (Phi) is 6.04. The molecule has 8 nitrogen and oxygen atoms in total. The number of nitrogens with one attached hydrogen (secondary N) is 1. The highest BCUT2D eigenvalue weighted by atomic mass is 16.5. The molecule has 1 amide bonds. The highest BCUT2D eigenvalue weighted by Gasteiger charge is 2.31.